The summed E-state index contributed by atoms with van der Waals surface area (Å²) >= 11 is 4.45. The first-order valence-electron chi connectivity index (χ1n) is 10.3. The molecule has 0 radical (unpaired) electrons. The standard InChI is InChI=1S/C24H21N3O2S3/c1-30-18-11-9-16(10-12-18)25-20(28)14-32-24-26-22-21(19(13-31-22)15-7-8-15)23(29)27(24)17-5-3-2-4-6-17/h2-6,9-13,15H,7-8,14H2,1H3,(H,25,28). The number of aromatic nitrogens is 2. The first-order valence-corrected chi connectivity index (χ1v) is 13.4. The van der Waals surface area contributed by atoms with Crippen LogP contribution in [0.5, 0.6) is 0 Å². The number of rotatable bonds is 7. The Morgan fingerprint density at radius 3 is 2.59 bits per heavy atom. The van der Waals surface area contributed by atoms with E-state index in [4.69, 9.17) is 4.98 Å². The SMILES string of the molecule is CSc1ccc(NC(=O)CSc2nc3scc(C4CC4)c3c(=O)n2-c2ccccc2)cc1. The molecule has 1 N–H and O–H groups in total. The van der Waals surface area contributed by atoms with Crippen LogP contribution in [0.25, 0.3) is 15.9 Å². The molecule has 2 heterocycles. The monoisotopic (exact) mass is 479 g/mol. The molecule has 1 saturated carbocycles. The summed E-state index contributed by atoms with van der Waals surface area (Å²) in [6.45, 7) is 0. The lowest BCUT2D eigenvalue weighted by molar-refractivity contribution is -0.113. The molecule has 1 aliphatic rings. The maximum Gasteiger partial charge on any atom is 0.267 e. The number of carbonyl (C=O) groups is 1. The van der Waals surface area contributed by atoms with Gasteiger partial charge in [-0.05, 0) is 72.4 Å². The van der Waals surface area contributed by atoms with Crippen LogP contribution in [-0.2, 0) is 4.79 Å². The second-order valence-corrected chi connectivity index (χ2v) is 10.3. The third-order valence-electron chi connectivity index (χ3n) is 5.34. The molecule has 0 atom stereocenters. The summed E-state index contributed by atoms with van der Waals surface area (Å²) in [5, 5.41) is 6.25. The quantitative estimate of drug-likeness (QED) is 0.269. The van der Waals surface area contributed by atoms with Gasteiger partial charge < -0.3 is 5.32 Å². The highest BCUT2D eigenvalue weighted by Crippen LogP contribution is 2.44. The number of nitrogens with zero attached hydrogens (tertiary/aromatic N) is 2. The largest absolute Gasteiger partial charge is 0.325 e. The van der Waals surface area contributed by atoms with E-state index in [2.05, 4.69) is 10.7 Å². The van der Waals surface area contributed by atoms with Crippen LogP contribution >= 0.6 is 34.9 Å². The summed E-state index contributed by atoms with van der Waals surface area (Å²) < 4.78 is 1.64. The van der Waals surface area contributed by atoms with Gasteiger partial charge in [0, 0.05) is 10.6 Å². The minimum atomic E-state index is -0.134. The molecule has 4 aromatic rings. The third-order valence-corrected chi connectivity index (χ3v) is 7.92. The van der Waals surface area contributed by atoms with Crippen molar-refractivity contribution in [1.29, 1.82) is 0 Å². The van der Waals surface area contributed by atoms with Crippen molar-refractivity contribution in [3.05, 3.63) is 75.9 Å². The average molecular weight is 480 g/mol. The van der Waals surface area contributed by atoms with E-state index in [1.54, 1.807) is 16.3 Å². The van der Waals surface area contributed by atoms with Gasteiger partial charge in [0.1, 0.15) is 4.83 Å². The summed E-state index contributed by atoms with van der Waals surface area (Å²) in [5.74, 6) is 0.505. The Morgan fingerprint density at radius 1 is 1.16 bits per heavy atom. The lowest BCUT2D eigenvalue weighted by atomic mass is 10.1. The zero-order valence-electron chi connectivity index (χ0n) is 17.4. The summed E-state index contributed by atoms with van der Waals surface area (Å²) in [7, 11) is 0. The highest BCUT2D eigenvalue weighted by Gasteiger charge is 2.29. The fourth-order valence-electron chi connectivity index (χ4n) is 3.59. The van der Waals surface area contributed by atoms with Gasteiger partial charge in [-0.1, -0.05) is 30.0 Å². The Morgan fingerprint density at radius 2 is 1.91 bits per heavy atom. The molecule has 0 unspecified atom stereocenters. The Kier molecular flexibility index (Phi) is 6.08. The van der Waals surface area contributed by atoms with E-state index in [-0.39, 0.29) is 17.2 Å². The maximum absolute atomic E-state index is 13.6. The van der Waals surface area contributed by atoms with Crippen molar-refractivity contribution in [3.63, 3.8) is 0 Å². The van der Waals surface area contributed by atoms with Gasteiger partial charge in [0.15, 0.2) is 5.16 Å². The van der Waals surface area contributed by atoms with E-state index in [0.29, 0.717) is 11.1 Å². The molecule has 0 spiro atoms. The van der Waals surface area contributed by atoms with E-state index in [1.165, 1.54) is 23.1 Å². The molecule has 0 aliphatic heterocycles. The molecule has 1 amide bonds. The minimum Gasteiger partial charge on any atom is -0.325 e. The van der Waals surface area contributed by atoms with Crippen LogP contribution in [0.15, 0.2) is 74.8 Å². The minimum absolute atomic E-state index is 0.0556. The Bertz CT molecular complexity index is 1330. The van der Waals surface area contributed by atoms with Gasteiger partial charge in [0.2, 0.25) is 5.91 Å². The van der Waals surface area contributed by atoms with Gasteiger partial charge in [0.25, 0.3) is 5.56 Å². The fourth-order valence-corrected chi connectivity index (χ4v) is 5.87. The molecule has 0 saturated heterocycles. The molecule has 1 fully saturated rings. The number of hydrogen-bond donors (Lipinski definition) is 1. The summed E-state index contributed by atoms with van der Waals surface area (Å²) in [6.07, 6.45) is 4.28. The zero-order chi connectivity index (χ0) is 22.1. The summed E-state index contributed by atoms with van der Waals surface area (Å²) in [5.41, 5.74) is 2.58. The number of benzene rings is 2. The van der Waals surface area contributed by atoms with Crippen molar-refractivity contribution in [1.82, 2.24) is 9.55 Å². The number of anilines is 1. The number of carbonyl (C=O) groups excluding carboxylic acids is 1. The van der Waals surface area contributed by atoms with Crippen LogP contribution in [0, 0.1) is 0 Å². The van der Waals surface area contributed by atoms with Crippen LogP contribution in [0.3, 0.4) is 0 Å². The molecule has 2 aromatic carbocycles. The first kappa shape index (κ1) is 21.3. The van der Waals surface area contributed by atoms with Crippen LogP contribution in [0.4, 0.5) is 5.69 Å². The third kappa shape index (κ3) is 4.35. The molecular formula is C24H21N3O2S3. The van der Waals surface area contributed by atoms with E-state index >= 15 is 0 Å². The molecular weight excluding hydrogens is 458 g/mol. The molecule has 0 bridgehead atoms. The van der Waals surface area contributed by atoms with Crippen LogP contribution in [0.2, 0.25) is 0 Å². The van der Waals surface area contributed by atoms with Crippen molar-refractivity contribution in [2.24, 2.45) is 0 Å². The number of thiophene rings is 1. The van der Waals surface area contributed by atoms with E-state index in [9.17, 15) is 9.59 Å². The molecule has 5 rings (SSSR count). The van der Waals surface area contributed by atoms with E-state index < -0.39 is 0 Å². The zero-order valence-corrected chi connectivity index (χ0v) is 19.9. The van der Waals surface area contributed by atoms with Gasteiger partial charge in [-0.25, -0.2) is 4.98 Å². The highest BCUT2D eigenvalue weighted by molar-refractivity contribution is 7.99. The van der Waals surface area contributed by atoms with Crippen molar-refractivity contribution in [3.8, 4) is 5.69 Å². The van der Waals surface area contributed by atoms with Gasteiger partial charge >= 0.3 is 0 Å². The first-order chi connectivity index (χ1) is 15.6. The van der Waals surface area contributed by atoms with Crippen molar-refractivity contribution in [2.45, 2.75) is 28.8 Å². The number of nitrogens with one attached hydrogen (secondary N) is 1. The van der Waals surface area contributed by atoms with Crippen molar-refractivity contribution >= 4 is 56.7 Å². The molecule has 5 nitrogen and oxygen atoms in total. The highest BCUT2D eigenvalue weighted by atomic mass is 32.2. The molecule has 1 aliphatic carbocycles. The lowest BCUT2D eigenvalue weighted by Crippen LogP contribution is -2.23. The van der Waals surface area contributed by atoms with E-state index in [1.807, 2.05) is 60.9 Å². The predicted molar refractivity (Wildman–Crippen MR) is 135 cm³/mol. The number of amides is 1. The van der Waals surface area contributed by atoms with Crippen LogP contribution in [-0.4, -0.2) is 27.5 Å². The van der Waals surface area contributed by atoms with E-state index in [0.717, 1.165) is 44.9 Å². The number of hydrogen-bond acceptors (Lipinski definition) is 6. The second kappa shape index (κ2) is 9.13. The summed E-state index contributed by atoms with van der Waals surface area (Å²) in [6, 6.07) is 17.3. The van der Waals surface area contributed by atoms with Crippen molar-refractivity contribution in [2.75, 3.05) is 17.3 Å². The number of fused-ring (bicyclic) bond motifs is 1. The fraction of sp³-hybridized carbons (Fsp3) is 0.208. The van der Waals surface area contributed by atoms with Gasteiger partial charge in [0.05, 0.1) is 16.8 Å². The van der Waals surface area contributed by atoms with Crippen LogP contribution < -0.4 is 10.9 Å². The number of thioether (sulfide) groups is 2. The topological polar surface area (TPSA) is 64.0 Å². The normalized spacial score (nSPS) is 13.4. The second-order valence-electron chi connectivity index (χ2n) is 7.58. The molecule has 32 heavy (non-hydrogen) atoms. The predicted octanol–water partition coefficient (Wildman–Crippen LogP) is 5.78. The van der Waals surface area contributed by atoms with Gasteiger partial charge in [-0.3, -0.25) is 14.2 Å². The average Bonchev–Trinajstić information content (AvgIpc) is 3.57. The van der Waals surface area contributed by atoms with Gasteiger partial charge in [-0.15, -0.1) is 23.1 Å². The van der Waals surface area contributed by atoms with Gasteiger partial charge in [-0.2, -0.15) is 0 Å². The smallest absolute Gasteiger partial charge is 0.267 e. The molecule has 2 aromatic heterocycles. The summed E-state index contributed by atoms with van der Waals surface area (Å²) in [4.78, 5) is 32.9. The number of para-hydroxylation sites is 1. The van der Waals surface area contributed by atoms with Crippen molar-refractivity contribution < 1.29 is 4.79 Å². The molecule has 8 heteroatoms. The Hall–Kier alpha value is -2.55. The van der Waals surface area contributed by atoms with Crippen LogP contribution in [0.1, 0.15) is 24.3 Å². The Balaban J connectivity index is 1.44. The Labute approximate surface area is 198 Å². The lowest BCUT2D eigenvalue weighted by Gasteiger charge is -2.12. The molecule has 162 valence electrons. The maximum atomic E-state index is 13.6.